The highest BCUT2D eigenvalue weighted by Gasteiger charge is 2.17. The topological polar surface area (TPSA) is 88.1 Å². The fourth-order valence-electron chi connectivity index (χ4n) is 1.56. The van der Waals surface area contributed by atoms with E-state index in [4.69, 9.17) is 14.5 Å². The smallest absolute Gasteiger partial charge is 0.266 e. The monoisotopic (exact) mass is 271 g/mol. The number of hydrogen-bond acceptors (Lipinski definition) is 5. The van der Waals surface area contributed by atoms with Crippen molar-refractivity contribution in [3.8, 4) is 11.8 Å². The van der Waals surface area contributed by atoms with Crippen LogP contribution in [-0.2, 0) is 4.79 Å². The number of aryl methyl sites for hydroxylation is 1. The minimum Gasteiger partial charge on any atom is -0.480 e. The first-order chi connectivity index (χ1) is 9.60. The van der Waals surface area contributed by atoms with E-state index < -0.39 is 6.10 Å². The Morgan fingerprint density at radius 3 is 2.90 bits per heavy atom. The molecule has 1 aromatic heterocycles. The quantitative estimate of drug-likeness (QED) is 0.921. The average Bonchev–Trinajstić information content (AvgIpc) is 2.84. The molecule has 2 rings (SSSR count). The molecule has 0 bridgehead atoms. The molecular weight excluding hydrogens is 258 g/mol. The van der Waals surface area contributed by atoms with E-state index in [-0.39, 0.29) is 5.91 Å². The normalized spacial score (nSPS) is 11.4. The summed E-state index contributed by atoms with van der Waals surface area (Å²) < 4.78 is 10.3. The Balaban J connectivity index is 2.02. The van der Waals surface area contributed by atoms with Gasteiger partial charge in [0.25, 0.3) is 5.91 Å². The van der Waals surface area contributed by atoms with Gasteiger partial charge in [0.05, 0.1) is 5.56 Å². The predicted octanol–water partition coefficient (Wildman–Crippen LogP) is 2.26. The van der Waals surface area contributed by atoms with Crippen molar-refractivity contribution in [1.29, 1.82) is 5.26 Å². The molecule has 0 radical (unpaired) electrons. The summed E-state index contributed by atoms with van der Waals surface area (Å²) in [4.78, 5) is 11.9. The minimum atomic E-state index is -0.762. The van der Waals surface area contributed by atoms with E-state index in [9.17, 15) is 4.79 Å². The lowest BCUT2D eigenvalue weighted by Crippen LogP contribution is -2.30. The van der Waals surface area contributed by atoms with Crippen LogP contribution in [0.2, 0.25) is 0 Å². The second kappa shape index (κ2) is 5.89. The molecule has 1 heterocycles. The highest BCUT2D eigenvalue weighted by Crippen LogP contribution is 2.18. The Morgan fingerprint density at radius 1 is 1.50 bits per heavy atom. The standard InChI is InChI=1S/C14H13N3O3/c1-9-7-13(17-20-9)16-14(18)10(2)19-12-6-4-3-5-11(12)8-15/h3-7,10H,1-2H3,(H,16,17,18). The first-order valence-corrected chi connectivity index (χ1v) is 6.00. The van der Waals surface area contributed by atoms with Gasteiger partial charge in [-0.05, 0) is 26.0 Å². The van der Waals surface area contributed by atoms with Crippen LogP contribution in [0.25, 0.3) is 0 Å². The van der Waals surface area contributed by atoms with Crippen molar-refractivity contribution in [3.63, 3.8) is 0 Å². The van der Waals surface area contributed by atoms with E-state index in [0.717, 1.165) is 0 Å². The lowest BCUT2D eigenvalue weighted by molar-refractivity contribution is -0.122. The molecule has 0 fully saturated rings. The molecule has 1 atom stereocenters. The van der Waals surface area contributed by atoms with Crippen LogP contribution in [0.1, 0.15) is 18.2 Å². The van der Waals surface area contributed by atoms with Crippen molar-refractivity contribution in [2.45, 2.75) is 20.0 Å². The Bertz CT molecular complexity index is 658. The van der Waals surface area contributed by atoms with Crippen molar-refractivity contribution in [3.05, 3.63) is 41.7 Å². The molecule has 0 spiro atoms. The number of rotatable bonds is 4. The van der Waals surface area contributed by atoms with Crippen molar-refractivity contribution < 1.29 is 14.1 Å². The third-order valence-electron chi connectivity index (χ3n) is 2.56. The number of nitrogens with one attached hydrogen (secondary N) is 1. The molecule has 1 aromatic carbocycles. The van der Waals surface area contributed by atoms with Gasteiger partial charge in [0.1, 0.15) is 17.6 Å². The molecule has 6 nitrogen and oxygen atoms in total. The zero-order valence-corrected chi connectivity index (χ0v) is 11.1. The Labute approximate surface area is 115 Å². The van der Waals surface area contributed by atoms with Gasteiger partial charge in [0.2, 0.25) is 0 Å². The molecule has 6 heteroatoms. The maximum Gasteiger partial charge on any atom is 0.266 e. The van der Waals surface area contributed by atoms with Gasteiger partial charge >= 0.3 is 0 Å². The van der Waals surface area contributed by atoms with Gasteiger partial charge in [0, 0.05) is 6.07 Å². The van der Waals surface area contributed by atoms with Crippen molar-refractivity contribution >= 4 is 11.7 Å². The number of carbonyl (C=O) groups is 1. The van der Waals surface area contributed by atoms with Crippen molar-refractivity contribution in [1.82, 2.24) is 5.16 Å². The molecule has 0 saturated carbocycles. The summed E-state index contributed by atoms with van der Waals surface area (Å²) in [6.07, 6.45) is -0.762. The SMILES string of the molecule is Cc1cc(NC(=O)C(C)Oc2ccccc2C#N)no1. The first kappa shape index (κ1) is 13.6. The number of aromatic nitrogens is 1. The lowest BCUT2D eigenvalue weighted by Gasteiger charge is -2.14. The number of benzene rings is 1. The molecule has 0 saturated heterocycles. The van der Waals surface area contributed by atoms with Crippen LogP contribution >= 0.6 is 0 Å². The molecule has 102 valence electrons. The minimum absolute atomic E-state index is 0.330. The molecule has 0 aliphatic carbocycles. The van der Waals surface area contributed by atoms with Gasteiger partial charge in [-0.2, -0.15) is 5.26 Å². The summed E-state index contributed by atoms with van der Waals surface area (Å²) >= 11 is 0. The van der Waals surface area contributed by atoms with Gasteiger partial charge in [-0.1, -0.05) is 17.3 Å². The van der Waals surface area contributed by atoms with Crippen LogP contribution < -0.4 is 10.1 Å². The lowest BCUT2D eigenvalue weighted by atomic mass is 10.2. The molecule has 1 N–H and O–H groups in total. The predicted molar refractivity (Wildman–Crippen MR) is 71.1 cm³/mol. The molecular formula is C14H13N3O3. The summed E-state index contributed by atoms with van der Waals surface area (Å²) in [7, 11) is 0. The molecule has 2 aromatic rings. The zero-order chi connectivity index (χ0) is 14.5. The van der Waals surface area contributed by atoms with E-state index in [1.165, 1.54) is 0 Å². The summed E-state index contributed by atoms with van der Waals surface area (Å²) in [6.45, 7) is 3.32. The highest BCUT2D eigenvalue weighted by atomic mass is 16.5. The highest BCUT2D eigenvalue weighted by molar-refractivity contribution is 5.93. The number of hydrogen-bond donors (Lipinski definition) is 1. The third-order valence-corrected chi connectivity index (χ3v) is 2.56. The molecule has 0 aliphatic rings. The number of amides is 1. The number of ether oxygens (including phenoxy) is 1. The van der Waals surface area contributed by atoms with Gasteiger partial charge in [-0.3, -0.25) is 4.79 Å². The van der Waals surface area contributed by atoms with Crippen LogP contribution in [0, 0.1) is 18.3 Å². The number of nitrogens with zero attached hydrogens (tertiary/aromatic N) is 2. The Hall–Kier alpha value is -2.81. The second-order valence-electron chi connectivity index (χ2n) is 4.18. The van der Waals surface area contributed by atoms with E-state index in [2.05, 4.69) is 10.5 Å². The maximum absolute atomic E-state index is 11.9. The average molecular weight is 271 g/mol. The van der Waals surface area contributed by atoms with E-state index in [0.29, 0.717) is 22.9 Å². The van der Waals surface area contributed by atoms with Gasteiger partial charge < -0.3 is 14.6 Å². The third kappa shape index (κ3) is 3.14. The van der Waals surface area contributed by atoms with E-state index >= 15 is 0 Å². The zero-order valence-electron chi connectivity index (χ0n) is 11.1. The van der Waals surface area contributed by atoms with Gasteiger partial charge in [-0.15, -0.1) is 0 Å². The van der Waals surface area contributed by atoms with Crippen molar-refractivity contribution in [2.24, 2.45) is 0 Å². The molecule has 20 heavy (non-hydrogen) atoms. The Morgan fingerprint density at radius 2 is 2.25 bits per heavy atom. The van der Waals surface area contributed by atoms with Crippen molar-refractivity contribution in [2.75, 3.05) is 5.32 Å². The van der Waals surface area contributed by atoms with Gasteiger partial charge in [-0.25, -0.2) is 0 Å². The van der Waals surface area contributed by atoms with E-state index in [1.54, 1.807) is 44.2 Å². The first-order valence-electron chi connectivity index (χ1n) is 6.00. The van der Waals surface area contributed by atoms with Crippen LogP contribution in [-0.4, -0.2) is 17.2 Å². The number of anilines is 1. The van der Waals surface area contributed by atoms with Crippen LogP contribution in [0.5, 0.6) is 5.75 Å². The fourth-order valence-corrected chi connectivity index (χ4v) is 1.56. The summed E-state index contributed by atoms with van der Waals surface area (Å²) in [5.41, 5.74) is 0.379. The van der Waals surface area contributed by atoms with Crippen LogP contribution in [0.4, 0.5) is 5.82 Å². The van der Waals surface area contributed by atoms with Gasteiger partial charge in [0.15, 0.2) is 11.9 Å². The Kier molecular flexibility index (Phi) is 4.01. The summed E-state index contributed by atoms with van der Waals surface area (Å²) in [5.74, 6) is 0.931. The van der Waals surface area contributed by atoms with E-state index in [1.807, 2.05) is 6.07 Å². The fraction of sp³-hybridized carbons (Fsp3) is 0.214. The molecule has 1 amide bonds. The van der Waals surface area contributed by atoms with Crippen LogP contribution in [0.15, 0.2) is 34.9 Å². The molecule has 1 unspecified atom stereocenters. The largest absolute Gasteiger partial charge is 0.480 e. The summed E-state index contributed by atoms with van der Waals surface area (Å²) in [6, 6.07) is 10.3. The summed E-state index contributed by atoms with van der Waals surface area (Å²) in [5, 5.41) is 15.2. The number of nitriles is 1. The van der Waals surface area contributed by atoms with Crippen LogP contribution in [0.3, 0.4) is 0 Å². The second-order valence-corrected chi connectivity index (χ2v) is 4.18. The number of para-hydroxylation sites is 1. The number of carbonyl (C=O) groups excluding carboxylic acids is 1. The molecule has 0 aliphatic heterocycles. The maximum atomic E-state index is 11.9.